The van der Waals surface area contributed by atoms with Gasteiger partial charge in [-0.2, -0.15) is 0 Å². The smallest absolute Gasteiger partial charge is 0.212 e. The van der Waals surface area contributed by atoms with Crippen molar-refractivity contribution >= 4 is 10.0 Å². The molecule has 0 spiro atoms. The maximum absolute atomic E-state index is 12.3. The Morgan fingerprint density at radius 3 is 2.14 bits per heavy atom. The zero-order chi connectivity index (χ0) is 16.9. The second-order valence-electron chi connectivity index (χ2n) is 7.03. The molecule has 0 aromatic rings. The number of sulfonamides is 1. The normalized spacial score (nSPS) is 23.2. The summed E-state index contributed by atoms with van der Waals surface area (Å²) < 4.78 is 27.3. The van der Waals surface area contributed by atoms with E-state index in [1.807, 2.05) is 13.8 Å². The quantitative estimate of drug-likeness (QED) is 0.518. The van der Waals surface area contributed by atoms with Crippen LogP contribution in [0.15, 0.2) is 0 Å². The van der Waals surface area contributed by atoms with Gasteiger partial charge in [0.15, 0.2) is 0 Å². The first kappa shape index (κ1) is 19.8. The number of hydrogen-bond acceptors (Lipinski definition) is 5. The zero-order valence-electron chi connectivity index (χ0n) is 13.9. The van der Waals surface area contributed by atoms with Gasteiger partial charge in [0.1, 0.15) is 0 Å². The first-order valence-electron chi connectivity index (χ1n) is 8.25. The van der Waals surface area contributed by atoms with Gasteiger partial charge in [-0.3, -0.25) is 0 Å². The average Bonchev–Trinajstić information content (AvgIpc) is 2.42. The summed E-state index contributed by atoms with van der Waals surface area (Å²) in [4.78, 5) is 0. The van der Waals surface area contributed by atoms with E-state index in [0.29, 0.717) is 0 Å². The second kappa shape index (κ2) is 8.59. The maximum Gasteiger partial charge on any atom is 0.212 e. The highest BCUT2D eigenvalue weighted by atomic mass is 32.2. The van der Waals surface area contributed by atoms with E-state index in [1.54, 1.807) is 0 Å². The third-order valence-corrected chi connectivity index (χ3v) is 6.07. The molecule has 1 aliphatic carbocycles. The van der Waals surface area contributed by atoms with Crippen molar-refractivity contribution < 1.29 is 18.6 Å². The average molecular weight is 336 g/mol. The molecule has 1 aliphatic rings. The Morgan fingerprint density at radius 1 is 1.14 bits per heavy atom. The number of nitrogens with two attached hydrogens (primary N) is 1. The van der Waals surface area contributed by atoms with E-state index in [2.05, 4.69) is 4.72 Å². The van der Waals surface area contributed by atoms with Gasteiger partial charge in [-0.15, -0.1) is 0 Å². The summed E-state index contributed by atoms with van der Waals surface area (Å²) in [5, 5.41) is 19.6. The summed E-state index contributed by atoms with van der Waals surface area (Å²) in [6.07, 6.45) is 2.90. The van der Waals surface area contributed by atoms with E-state index in [4.69, 9.17) is 5.73 Å². The first-order chi connectivity index (χ1) is 10.1. The lowest BCUT2D eigenvalue weighted by atomic mass is 9.80. The molecule has 0 bridgehead atoms. The van der Waals surface area contributed by atoms with Crippen LogP contribution in [0.1, 0.15) is 52.9 Å². The number of nitrogens with one attached hydrogen (secondary N) is 1. The van der Waals surface area contributed by atoms with Crippen molar-refractivity contribution in [2.24, 2.45) is 17.6 Å². The molecule has 5 N–H and O–H groups in total. The van der Waals surface area contributed by atoms with Crippen LogP contribution in [0.4, 0.5) is 0 Å². The minimum atomic E-state index is -3.46. The Balaban J connectivity index is 2.90. The number of hydrogen-bond donors (Lipinski definition) is 4. The molecule has 6 nitrogen and oxygen atoms in total. The van der Waals surface area contributed by atoms with Gasteiger partial charge in [-0.25, -0.2) is 13.1 Å². The first-order valence-corrected chi connectivity index (χ1v) is 9.91. The van der Waals surface area contributed by atoms with Gasteiger partial charge in [0.25, 0.3) is 0 Å². The number of aliphatic hydroxyl groups is 2. The Morgan fingerprint density at radius 2 is 1.68 bits per heavy atom. The molecule has 22 heavy (non-hydrogen) atoms. The molecule has 0 aromatic carbocycles. The van der Waals surface area contributed by atoms with E-state index >= 15 is 0 Å². The number of rotatable bonds is 8. The molecule has 1 rings (SSSR count). The zero-order valence-corrected chi connectivity index (χ0v) is 14.7. The Hall–Kier alpha value is -0.210. The van der Waals surface area contributed by atoms with E-state index in [-0.39, 0.29) is 17.6 Å². The van der Waals surface area contributed by atoms with E-state index < -0.39 is 34.3 Å². The van der Waals surface area contributed by atoms with Crippen molar-refractivity contribution in [1.82, 2.24) is 4.72 Å². The summed E-state index contributed by atoms with van der Waals surface area (Å²) in [7, 11) is -3.46. The van der Waals surface area contributed by atoms with Crippen LogP contribution in [0.2, 0.25) is 0 Å². The predicted octanol–water partition coefficient (Wildman–Crippen LogP) is 0.580. The SMILES string of the molecule is CC(C)CS(=O)(=O)NC(C1CCCCC1)C(N)C(O)C(C)O. The van der Waals surface area contributed by atoms with Crippen LogP contribution in [0.25, 0.3) is 0 Å². The Bertz CT molecular complexity index is 419. The van der Waals surface area contributed by atoms with Crippen LogP contribution >= 0.6 is 0 Å². The van der Waals surface area contributed by atoms with Crippen LogP contribution in [0, 0.1) is 11.8 Å². The van der Waals surface area contributed by atoms with Crippen molar-refractivity contribution in [3.05, 3.63) is 0 Å². The second-order valence-corrected chi connectivity index (χ2v) is 8.82. The van der Waals surface area contributed by atoms with E-state index in [1.165, 1.54) is 6.92 Å². The lowest BCUT2D eigenvalue weighted by molar-refractivity contribution is 0.00216. The highest BCUT2D eigenvalue weighted by Crippen LogP contribution is 2.29. The van der Waals surface area contributed by atoms with Crippen molar-refractivity contribution in [2.45, 2.75) is 77.2 Å². The third kappa shape index (κ3) is 6.12. The molecule has 4 unspecified atom stereocenters. The Kier molecular flexibility index (Phi) is 7.74. The fourth-order valence-corrected chi connectivity index (χ4v) is 4.95. The summed E-state index contributed by atoms with van der Waals surface area (Å²) >= 11 is 0. The lowest BCUT2D eigenvalue weighted by Gasteiger charge is -2.37. The van der Waals surface area contributed by atoms with Crippen LogP contribution in [-0.2, 0) is 10.0 Å². The fraction of sp³-hybridized carbons (Fsp3) is 1.00. The minimum absolute atomic E-state index is 0.0161. The molecule has 0 amide bonds. The molecule has 0 aromatic heterocycles. The van der Waals surface area contributed by atoms with Crippen LogP contribution < -0.4 is 10.5 Å². The highest BCUT2D eigenvalue weighted by Gasteiger charge is 2.36. The topological polar surface area (TPSA) is 113 Å². The third-order valence-electron chi connectivity index (χ3n) is 4.33. The predicted molar refractivity (Wildman–Crippen MR) is 87.8 cm³/mol. The fourth-order valence-electron chi connectivity index (χ4n) is 3.21. The molecule has 0 radical (unpaired) electrons. The van der Waals surface area contributed by atoms with Gasteiger partial charge >= 0.3 is 0 Å². The van der Waals surface area contributed by atoms with Gasteiger partial charge in [0.05, 0.1) is 18.0 Å². The minimum Gasteiger partial charge on any atom is -0.391 e. The summed E-state index contributed by atoms with van der Waals surface area (Å²) in [5.41, 5.74) is 6.09. The van der Waals surface area contributed by atoms with Crippen LogP contribution in [0.3, 0.4) is 0 Å². The van der Waals surface area contributed by atoms with E-state index in [9.17, 15) is 18.6 Å². The molecular weight excluding hydrogens is 304 g/mol. The number of aliphatic hydroxyl groups excluding tert-OH is 2. The molecule has 0 aliphatic heterocycles. The summed E-state index contributed by atoms with van der Waals surface area (Å²) in [6.45, 7) is 5.16. The molecule has 4 atom stereocenters. The van der Waals surface area contributed by atoms with Gasteiger partial charge in [0.2, 0.25) is 10.0 Å². The van der Waals surface area contributed by atoms with Gasteiger partial charge in [0, 0.05) is 12.1 Å². The molecule has 0 heterocycles. The van der Waals surface area contributed by atoms with Crippen molar-refractivity contribution in [2.75, 3.05) is 5.75 Å². The summed E-state index contributed by atoms with van der Waals surface area (Å²) in [5.74, 6) is 0.162. The van der Waals surface area contributed by atoms with Gasteiger partial charge < -0.3 is 15.9 Å². The standard InChI is InChI=1S/C15H32N2O4S/c1-10(2)9-22(20,21)17-14(12-7-5-4-6-8-12)13(16)15(19)11(3)18/h10-15,17-19H,4-9,16H2,1-3H3. The van der Waals surface area contributed by atoms with Crippen LogP contribution in [0.5, 0.6) is 0 Å². The molecule has 1 fully saturated rings. The molecule has 7 heteroatoms. The Labute approximate surface area is 134 Å². The maximum atomic E-state index is 12.3. The van der Waals surface area contributed by atoms with Gasteiger partial charge in [-0.1, -0.05) is 33.1 Å². The van der Waals surface area contributed by atoms with Crippen molar-refractivity contribution in [3.63, 3.8) is 0 Å². The molecule has 132 valence electrons. The summed E-state index contributed by atoms with van der Waals surface area (Å²) in [6, 6.07) is -1.35. The van der Waals surface area contributed by atoms with Crippen molar-refractivity contribution in [1.29, 1.82) is 0 Å². The van der Waals surface area contributed by atoms with Crippen LogP contribution in [-0.4, -0.2) is 48.7 Å². The highest BCUT2D eigenvalue weighted by molar-refractivity contribution is 7.89. The lowest BCUT2D eigenvalue weighted by Crippen LogP contribution is -2.59. The molecule has 0 saturated heterocycles. The largest absolute Gasteiger partial charge is 0.391 e. The molecule has 1 saturated carbocycles. The molecular formula is C15H32N2O4S. The van der Waals surface area contributed by atoms with E-state index in [0.717, 1.165) is 32.1 Å². The van der Waals surface area contributed by atoms with Gasteiger partial charge in [-0.05, 0) is 31.6 Å². The monoisotopic (exact) mass is 336 g/mol. The van der Waals surface area contributed by atoms with Crippen molar-refractivity contribution in [3.8, 4) is 0 Å².